The number of rotatable bonds is 4. The molecule has 0 aromatic heterocycles. The molecule has 0 saturated heterocycles. The molecule has 1 aliphatic rings. The van der Waals surface area contributed by atoms with Gasteiger partial charge in [-0.05, 0) is 12.5 Å². The quantitative estimate of drug-likeness (QED) is 0.607. The number of carbonyl (C=O) groups excluding carboxylic acids is 1. The van der Waals surface area contributed by atoms with E-state index in [0.29, 0.717) is 5.56 Å². The maximum absolute atomic E-state index is 13.6. The molecule has 0 amide bonds. The van der Waals surface area contributed by atoms with Gasteiger partial charge in [0.1, 0.15) is 0 Å². The molecule has 2 rings (SSSR count). The van der Waals surface area contributed by atoms with Gasteiger partial charge in [-0.2, -0.15) is 0 Å². The third-order valence-electron chi connectivity index (χ3n) is 2.99. The molecule has 0 heterocycles. The minimum absolute atomic E-state index is 0.242. The van der Waals surface area contributed by atoms with E-state index in [1.807, 2.05) is 0 Å². The predicted molar refractivity (Wildman–Crippen MR) is 63.4 cm³/mol. The van der Waals surface area contributed by atoms with Gasteiger partial charge in [0.15, 0.2) is 0 Å². The molecular formula is C14H14F2O2. The second-order valence-corrected chi connectivity index (χ2v) is 4.20. The predicted octanol–water partition coefficient (Wildman–Crippen LogP) is 3.15. The first-order chi connectivity index (χ1) is 8.57. The summed E-state index contributed by atoms with van der Waals surface area (Å²) in [6.45, 7) is 1.91. The molecule has 96 valence electrons. The van der Waals surface area contributed by atoms with Crippen molar-refractivity contribution < 1.29 is 18.3 Å². The molecule has 0 radical (unpaired) electrons. The van der Waals surface area contributed by atoms with Gasteiger partial charge < -0.3 is 4.74 Å². The molecule has 4 heteroatoms. The molecule has 2 nitrogen and oxygen atoms in total. The van der Waals surface area contributed by atoms with Crippen molar-refractivity contribution >= 4 is 5.97 Å². The lowest BCUT2D eigenvalue weighted by atomic mass is 10.1. The lowest BCUT2D eigenvalue weighted by molar-refractivity contribution is -0.137. The van der Waals surface area contributed by atoms with Crippen molar-refractivity contribution in [2.75, 3.05) is 6.61 Å². The van der Waals surface area contributed by atoms with Crippen LogP contribution in [0.4, 0.5) is 8.78 Å². The van der Waals surface area contributed by atoms with Gasteiger partial charge in [0.25, 0.3) is 5.92 Å². The zero-order valence-electron chi connectivity index (χ0n) is 9.98. The van der Waals surface area contributed by atoms with Gasteiger partial charge in [0.2, 0.25) is 0 Å². The summed E-state index contributed by atoms with van der Waals surface area (Å²) < 4.78 is 31.8. The highest BCUT2D eigenvalue weighted by atomic mass is 19.3. The first-order valence-electron chi connectivity index (χ1n) is 5.85. The van der Waals surface area contributed by atoms with Crippen LogP contribution in [0.2, 0.25) is 0 Å². The number of hydrogen-bond acceptors (Lipinski definition) is 2. The van der Waals surface area contributed by atoms with Gasteiger partial charge in [0.05, 0.1) is 18.4 Å². The van der Waals surface area contributed by atoms with Gasteiger partial charge in [-0.3, -0.25) is 0 Å². The summed E-state index contributed by atoms with van der Waals surface area (Å²) in [5.74, 6) is -5.09. The van der Waals surface area contributed by atoms with Crippen LogP contribution in [0.1, 0.15) is 18.4 Å². The van der Waals surface area contributed by atoms with Crippen molar-refractivity contribution in [3.63, 3.8) is 0 Å². The van der Waals surface area contributed by atoms with E-state index in [-0.39, 0.29) is 6.61 Å². The maximum Gasteiger partial charge on any atom is 0.330 e. The zero-order chi connectivity index (χ0) is 13.2. The van der Waals surface area contributed by atoms with E-state index in [9.17, 15) is 13.6 Å². The number of alkyl halides is 2. The summed E-state index contributed by atoms with van der Waals surface area (Å²) in [4.78, 5) is 11.1. The van der Waals surface area contributed by atoms with Crippen molar-refractivity contribution in [3.05, 3.63) is 48.0 Å². The third-order valence-corrected chi connectivity index (χ3v) is 2.99. The van der Waals surface area contributed by atoms with Gasteiger partial charge in [-0.25, -0.2) is 13.6 Å². The fourth-order valence-electron chi connectivity index (χ4n) is 2.05. The van der Waals surface area contributed by atoms with Crippen molar-refractivity contribution in [1.29, 1.82) is 0 Å². The Kier molecular flexibility index (Phi) is 3.45. The van der Waals surface area contributed by atoms with Crippen molar-refractivity contribution in [2.24, 2.45) is 5.92 Å². The van der Waals surface area contributed by atoms with E-state index in [2.05, 4.69) is 4.74 Å². The summed E-state index contributed by atoms with van der Waals surface area (Å²) in [6, 6.07) is 8.60. The Bertz CT molecular complexity index is 454. The average molecular weight is 252 g/mol. The Labute approximate surface area is 104 Å². The number of esters is 1. The van der Waals surface area contributed by atoms with E-state index in [0.717, 1.165) is 6.08 Å². The number of allylic oxidation sites excluding steroid dienone is 1. The summed E-state index contributed by atoms with van der Waals surface area (Å²) >= 11 is 0. The lowest BCUT2D eigenvalue weighted by Gasteiger charge is -1.96. The standard InChI is InChI=1S/C14H14F2O2/c1-2-18-12(17)9-8-11-13(14(11,15)16)10-6-4-3-5-7-10/h3-9,11,13H,2H2,1H3/b9-8+. The van der Waals surface area contributed by atoms with Crippen molar-refractivity contribution in [3.8, 4) is 0 Å². The number of ether oxygens (including phenoxy) is 1. The van der Waals surface area contributed by atoms with Crippen LogP contribution in [0.15, 0.2) is 42.5 Å². The van der Waals surface area contributed by atoms with Crippen LogP contribution in [0.25, 0.3) is 0 Å². The van der Waals surface area contributed by atoms with Crippen LogP contribution in [0, 0.1) is 5.92 Å². The monoisotopic (exact) mass is 252 g/mol. The minimum Gasteiger partial charge on any atom is -0.463 e. The Morgan fingerprint density at radius 3 is 2.67 bits per heavy atom. The van der Waals surface area contributed by atoms with E-state index in [1.165, 1.54) is 6.08 Å². The van der Waals surface area contributed by atoms with Crippen LogP contribution >= 0.6 is 0 Å². The van der Waals surface area contributed by atoms with Gasteiger partial charge in [-0.15, -0.1) is 0 Å². The summed E-state index contributed by atoms with van der Waals surface area (Å²) in [7, 11) is 0. The summed E-state index contributed by atoms with van der Waals surface area (Å²) in [6.07, 6.45) is 2.33. The molecular weight excluding hydrogens is 238 g/mol. The first-order valence-corrected chi connectivity index (χ1v) is 5.85. The normalized spacial score (nSPS) is 25.1. The molecule has 0 bridgehead atoms. The second-order valence-electron chi connectivity index (χ2n) is 4.20. The molecule has 1 aliphatic carbocycles. The third kappa shape index (κ3) is 2.42. The first kappa shape index (κ1) is 12.7. The molecule has 1 aromatic rings. The average Bonchev–Trinajstić information content (AvgIpc) is 2.90. The van der Waals surface area contributed by atoms with Gasteiger partial charge in [0, 0.05) is 6.08 Å². The molecule has 0 aliphatic heterocycles. The molecule has 1 saturated carbocycles. The van der Waals surface area contributed by atoms with Crippen molar-refractivity contribution in [2.45, 2.75) is 18.8 Å². The van der Waals surface area contributed by atoms with E-state index in [1.54, 1.807) is 37.3 Å². The number of carbonyl (C=O) groups is 1. The molecule has 0 N–H and O–H groups in total. The SMILES string of the molecule is CCOC(=O)/C=C/C1C(c2ccccc2)C1(F)F. The topological polar surface area (TPSA) is 26.3 Å². The highest BCUT2D eigenvalue weighted by molar-refractivity contribution is 5.82. The summed E-state index contributed by atoms with van der Waals surface area (Å²) in [5, 5.41) is 0. The largest absolute Gasteiger partial charge is 0.463 e. The summed E-state index contributed by atoms with van der Waals surface area (Å²) in [5.41, 5.74) is 0.598. The van der Waals surface area contributed by atoms with Crippen molar-refractivity contribution in [1.82, 2.24) is 0 Å². The molecule has 18 heavy (non-hydrogen) atoms. The van der Waals surface area contributed by atoms with Gasteiger partial charge >= 0.3 is 5.97 Å². The van der Waals surface area contributed by atoms with Gasteiger partial charge in [-0.1, -0.05) is 36.4 Å². The van der Waals surface area contributed by atoms with E-state index >= 15 is 0 Å². The fourth-order valence-corrected chi connectivity index (χ4v) is 2.05. The lowest BCUT2D eigenvalue weighted by Crippen LogP contribution is -1.99. The second kappa shape index (κ2) is 4.88. The maximum atomic E-state index is 13.6. The molecule has 2 atom stereocenters. The van der Waals surface area contributed by atoms with E-state index in [4.69, 9.17) is 0 Å². The Balaban J connectivity index is 2.06. The number of halogens is 2. The molecule has 1 aromatic carbocycles. The Morgan fingerprint density at radius 2 is 2.06 bits per heavy atom. The smallest absolute Gasteiger partial charge is 0.330 e. The van der Waals surface area contributed by atoms with E-state index < -0.39 is 23.7 Å². The number of benzene rings is 1. The highest BCUT2D eigenvalue weighted by Crippen LogP contribution is 2.62. The van der Waals surface area contributed by atoms with Crippen LogP contribution in [-0.2, 0) is 9.53 Å². The Hall–Kier alpha value is -1.71. The zero-order valence-corrected chi connectivity index (χ0v) is 9.98. The van der Waals surface area contributed by atoms with Crippen LogP contribution in [0.3, 0.4) is 0 Å². The minimum atomic E-state index is -2.77. The van der Waals surface area contributed by atoms with Crippen LogP contribution in [0.5, 0.6) is 0 Å². The Morgan fingerprint density at radius 1 is 1.39 bits per heavy atom. The van der Waals surface area contributed by atoms with Crippen LogP contribution in [-0.4, -0.2) is 18.5 Å². The highest BCUT2D eigenvalue weighted by Gasteiger charge is 2.67. The molecule has 0 spiro atoms. The van der Waals surface area contributed by atoms with Crippen LogP contribution < -0.4 is 0 Å². The number of hydrogen-bond donors (Lipinski definition) is 0. The molecule has 2 unspecified atom stereocenters. The molecule has 1 fully saturated rings. The fraction of sp³-hybridized carbons (Fsp3) is 0.357.